The van der Waals surface area contributed by atoms with Crippen LogP contribution in [0, 0.1) is 0 Å². The Morgan fingerprint density at radius 1 is 1.48 bits per heavy atom. The lowest BCUT2D eigenvalue weighted by molar-refractivity contribution is -0.140. The average molecular weight is 346 g/mol. The maximum absolute atomic E-state index is 12.5. The summed E-state index contributed by atoms with van der Waals surface area (Å²) in [5, 5.41) is 2.15. The third-order valence-corrected chi connectivity index (χ3v) is 3.48. The molecular weight excluding hydrogens is 327 g/mol. The molecule has 0 aromatic carbocycles. The Bertz CT molecular complexity index is 440. The number of alkyl halides is 3. The number of carbonyl (C=O) groups excluding carboxylic acids is 1. The Labute approximate surface area is 131 Å². The zero-order valence-electron chi connectivity index (χ0n) is 11.7. The molecule has 0 fully saturated rings. The smallest absolute Gasteiger partial charge is 0.330 e. The minimum absolute atomic E-state index is 0. The van der Waals surface area contributed by atoms with Gasteiger partial charge in [0.05, 0.1) is 5.01 Å². The summed E-state index contributed by atoms with van der Waals surface area (Å²) in [6.45, 7) is 1.09. The summed E-state index contributed by atoms with van der Waals surface area (Å²) in [4.78, 5) is 16.9. The van der Waals surface area contributed by atoms with Gasteiger partial charge in [0.15, 0.2) is 0 Å². The van der Waals surface area contributed by atoms with Crippen molar-refractivity contribution in [2.24, 2.45) is 5.73 Å². The Hall–Kier alpha value is -0.860. The predicted molar refractivity (Wildman–Crippen MR) is 79.0 cm³/mol. The van der Waals surface area contributed by atoms with Crippen molar-refractivity contribution >= 4 is 29.7 Å². The molecule has 4 nitrogen and oxygen atoms in total. The molecule has 1 amide bonds. The lowest BCUT2D eigenvalue weighted by Crippen LogP contribution is -2.39. The van der Waals surface area contributed by atoms with Crippen molar-refractivity contribution in [3.8, 4) is 0 Å². The summed E-state index contributed by atoms with van der Waals surface area (Å²) in [5.41, 5.74) is 5.45. The van der Waals surface area contributed by atoms with Crippen molar-refractivity contribution in [2.75, 3.05) is 19.6 Å². The number of hydrogen-bond donors (Lipinski definition) is 1. The van der Waals surface area contributed by atoms with E-state index in [1.54, 1.807) is 0 Å². The Kier molecular flexibility index (Phi) is 8.84. The summed E-state index contributed by atoms with van der Waals surface area (Å²) in [6.07, 6.45) is -2.63. The molecule has 2 N–H and O–H groups in total. The third-order valence-electron chi connectivity index (χ3n) is 2.57. The van der Waals surface area contributed by atoms with Crippen LogP contribution in [0.5, 0.6) is 0 Å². The van der Waals surface area contributed by atoms with E-state index in [4.69, 9.17) is 5.73 Å². The molecule has 0 unspecified atom stereocenters. The zero-order chi connectivity index (χ0) is 15.2. The highest BCUT2D eigenvalue weighted by atomic mass is 35.5. The fourth-order valence-corrected chi connectivity index (χ4v) is 2.42. The van der Waals surface area contributed by atoms with Crippen LogP contribution in [0.15, 0.2) is 5.38 Å². The molecule has 1 heterocycles. The number of unbranched alkanes of at least 4 members (excludes halogenated alkanes) is 1. The molecule has 0 spiro atoms. The van der Waals surface area contributed by atoms with Crippen LogP contribution < -0.4 is 5.73 Å². The van der Waals surface area contributed by atoms with Crippen molar-refractivity contribution in [2.45, 2.75) is 32.4 Å². The van der Waals surface area contributed by atoms with Crippen LogP contribution in [-0.4, -0.2) is 41.6 Å². The maximum atomic E-state index is 12.5. The number of carbonyl (C=O) groups is 1. The van der Waals surface area contributed by atoms with Gasteiger partial charge in [0.1, 0.15) is 12.2 Å². The first-order valence-corrected chi connectivity index (χ1v) is 7.25. The molecule has 122 valence electrons. The molecule has 0 radical (unpaired) electrons. The highest BCUT2D eigenvalue weighted by Crippen LogP contribution is 2.19. The van der Waals surface area contributed by atoms with Crippen molar-refractivity contribution in [1.29, 1.82) is 0 Å². The van der Waals surface area contributed by atoms with Gasteiger partial charge in [0, 0.05) is 18.3 Å². The molecule has 0 atom stereocenters. The predicted octanol–water partition coefficient (Wildman–Crippen LogP) is 2.87. The molecule has 21 heavy (non-hydrogen) atoms. The van der Waals surface area contributed by atoms with Crippen LogP contribution >= 0.6 is 23.7 Å². The van der Waals surface area contributed by atoms with E-state index in [0.29, 0.717) is 24.4 Å². The van der Waals surface area contributed by atoms with Crippen LogP contribution in [0.1, 0.15) is 35.3 Å². The first-order chi connectivity index (χ1) is 9.37. The van der Waals surface area contributed by atoms with Crippen LogP contribution in [0.3, 0.4) is 0 Å². The summed E-state index contributed by atoms with van der Waals surface area (Å²) < 4.78 is 37.5. The van der Waals surface area contributed by atoms with Gasteiger partial charge in [-0.05, 0) is 13.0 Å². The Balaban J connectivity index is 0.00000400. The van der Waals surface area contributed by atoms with Crippen molar-refractivity contribution in [3.63, 3.8) is 0 Å². The summed E-state index contributed by atoms with van der Waals surface area (Å²) >= 11 is 1.24. The number of nitrogens with two attached hydrogens (primary N) is 1. The lowest BCUT2D eigenvalue weighted by Gasteiger charge is -2.22. The van der Waals surface area contributed by atoms with Gasteiger partial charge in [-0.25, -0.2) is 4.98 Å². The minimum Gasteiger partial charge on any atom is -0.330 e. The van der Waals surface area contributed by atoms with Crippen LogP contribution in [0.4, 0.5) is 13.2 Å². The van der Waals surface area contributed by atoms with E-state index in [9.17, 15) is 18.0 Å². The van der Waals surface area contributed by atoms with Gasteiger partial charge in [-0.1, -0.05) is 13.3 Å². The van der Waals surface area contributed by atoms with Gasteiger partial charge < -0.3 is 10.6 Å². The quantitative estimate of drug-likeness (QED) is 0.826. The van der Waals surface area contributed by atoms with Gasteiger partial charge in [0.25, 0.3) is 5.91 Å². The fraction of sp³-hybridized carbons (Fsp3) is 0.667. The molecule has 0 aliphatic heterocycles. The average Bonchev–Trinajstić information content (AvgIpc) is 2.81. The van der Waals surface area contributed by atoms with Gasteiger partial charge >= 0.3 is 6.18 Å². The zero-order valence-corrected chi connectivity index (χ0v) is 13.3. The molecule has 0 aliphatic carbocycles. The number of halogens is 4. The lowest BCUT2D eigenvalue weighted by atomic mass is 10.3. The summed E-state index contributed by atoms with van der Waals surface area (Å²) in [7, 11) is 0. The van der Waals surface area contributed by atoms with Gasteiger partial charge in [-0.15, -0.1) is 23.7 Å². The fourth-order valence-electron chi connectivity index (χ4n) is 1.63. The highest BCUT2D eigenvalue weighted by Gasteiger charge is 2.33. The Morgan fingerprint density at radius 2 is 2.14 bits per heavy atom. The van der Waals surface area contributed by atoms with E-state index in [1.165, 1.54) is 16.7 Å². The number of nitrogens with zero attached hydrogens (tertiary/aromatic N) is 2. The second-order valence-corrected chi connectivity index (χ2v) is 5.30. The molecule has 0 aliphatic rings. The van der Waals surface area contributed by atoms with Crippen LogP contribution in [0.2, 0.25) is 0 Å². The van der Waals surface area contributed by atoms with E-state index >= 15 is 0 Å². The Morgan fingerprint density at radius 3 is 2.67 bits per heavy atom. The number of thiazole rings is 1. The molecule has 1 aromatic rings. The molecule has 1 aromatic heterocycles. The standard InChI is InChI=1S/C12H18F3N3OS.ClH/c1-2-3-6-18(8-12(13,14)15)11(19)9-7-20-10(17-9)4-5-16;/h7H,2-6,8,16H2,1H3;1H. The number of rotatable bonds is 7. The molecule has 0 saturated heterocycles. The summed E-state index contributed by atoms with van der Waals surface area (Å²) in [6, 6.07) is 0. The van der Waals surface area contributed by atoms with Gasteiger partial charge in [0.2, 0.25) is 0 Å². The normalized spacial score (nSPS) is 11.1. The van der Waals surface area contributed by atoms with Crippen molar-refractivity contribution in [1.82, 2.24) is 9.88 Å². The van der Waals surface area contributed by atoms with E-state index in [1.807, 2.05) is 6.92 Å². The van der Waals surface area contributed by atoms with Gasteiger partial charge in [-0.3, -0.25) is 4.79 Å². The number of hydrogen-bond acceptors (Lipinski definition) is 4. The molecule has 0 saturated carbocycles. The van der Waals surface area contributed by atoms with Gasteiger partial charge in [-0.2, -0.15) is 13.2 Å². The van der Waals surface area contributed by atoms with Crippen molar-refractivity contribution in [3.05, 3.63) is 16.1 Å². The molecule has 1 rings (SSSR count). The van der Waals surface area contributed by atoms with E-state index in [0.717, 1.165) is 11.3 Å². The topological polar surface area (TPSA) is 59.2 Å². The summed E-state index contributed by atoms with van der Waals surface area (Å²) in [5.74, 6) is -0.671. The first kappa shape index (κ1) is 20.1. The molecule has 0 bridgehead atoms. The molecular formula is C12H19ClF3N3OS. The van der Waals surface area contributed by atoms with E-state index in [2.05, 4.69) is 4.98 Å². The van der Waals surface area contributed by atoms with E-state index in [-0.39, 0.29) is 24.6 Å². The number of aromatic nitrogens is 1. The monoisotopic (exact) mass is 345 g/mol. The highest BCUT2D eigenvalue weighted by molar-refractivity contribution is 7.09. The largest absolute Gasteiger partial charge is 0.406 e. The maximum Gasteiger partial charge on any atom is 0.406 e. The van der Waals surface area contributed by atoms with E-state index < -0.39 is 18.6 Å². The third kappa shape index (κ3) is 7.10. The van der Waals surface area contributed by atoms with Crippen LogP contribution in [-0.2, 0) is 6.42 Å². The van der Waals surface area contributed by atoms with Crippen molar-refractivity contribution < 1.29 is 18.0 Å². The minimum atomic E-state index is -4.40. The second-order valence-electron chi connectivity index (χ2n) is 4.36. The number of amides is 1. The SMILES string of the molecule is CCCCN(CC(F)(F)F)C(=O)c1csc(CCN)n1.Cl. The van der Waals surface area contributed by atoms with Crippen LogP contribution in [0.25, 0.3) is 0 Å². The first-order valence-electron chi connectivity index (χ1n) is 6.38. The second kappa shape index (κ2) is 9.22. The molecule has 9 heteroatoms.